The molecule has 0 aliphatic carbocycles. The van der Waals surface area contributed by atoms with Crippen molar-refractivity contribution in [3.63, 3.8) is 0 Å². The first-order chi connectivity index (χ1) is 12.1. The highest BCUT2D eigenvalue weighted by molar-refractivity contribution is 6.21. The van der Waals surface area contributed by atoms with Gasteiger partial charge in [-0.05, 0) is 29.8 Å². The Bertz CT molecular complexity index is 746. The molecule has 1 fully saturated rings. The summed E-state index contributed by atoms with van der Waals surface area (Å²) in [6.45, 7) is 0.324. The van der Waals surface area contributed by atoms with E-state index in [2.05, 4.69) is 0 Å². The lowest BCUT2D eigenvalue weighted by Gasteiger charge is -2.15. The van der Waals surface area contributed by atoms with Crippen LogP contribution in [-0.2, 0) is 9.59 Å². The number of rotatable bonds is 6. The normalized spacial score (nSPS) is 18.5. The first kappa shape index (κ1) is 17.1. The number of methoxy groups -OCH3 is 1. The average Bonchev–Trinajstić information content (AvgIpc) is 2.94. The minimum atomic E-state index is -0.681. The molecule has 2 aromatic rings. The molecular weight excluding hydrogens is 320 g/mol. The quantitative estimate of drug-likeness (QED) is 0.755. The number of carbonyl (C=O) groups excluding carboxylic acids is 2. The van der Waals surface area contributed by atoms with Crippen molar-refractivity contribution in [1.82, 2.24) is 0 Å². The number of benzene rings is 2. The molecule has 1 aliphatic heterocycles. The Labute approximate surface area is 146 Å². The Morgan fingerprint density at radius 3 is 2.48 bits per heavy atom. The van der Waals surface area contributed by atoms with Gasteiger partial charge in [0.05, 0.1) is 19.2 Å². The van der Waals surface area contributed by atoms with Gasteiger partial charge in [-0.2, -0.15) is 0 Å². The van der Waals surface area contributed by atoms with E-state index in [1.54, 1.807) is 36.7 Å². The van der Waals surface area contributed by atoms with Crippen LogP contribution in [0.15, 0.2) is 54.6 Å². The molecule has 0 aromatic heterocycles. The number of nitrogens with two attached hydrogens (primary N) is 1. The number of aliphatic hydroxyl groups is 1. The number of anilines is 1. The van der Waals surface area contributed by atoms with E-state index in [4.69, 9.17) is 4.74 Å². The summed E-state index contributed by atoms with van der Waals surface area (Å²) in [5.41, 5.74) is 1.33. The highest BCUT2D eigenvalue weighted by Gasteiger charge is 2.42. The van der Waals surface area contributed by atoms with Gasteiger partial charge in [0.1, 0.15) is 18.4 Å². The number of nitrogens with zero attached hydrogens (tertiary/aromatic N) is 1. The van der Waals surface area contributed by atoms with Crippen LogP contribution < -0.4 is 15.0 Å². The lowest BCUT2D eigenvalue weighted by molar-refractivity contribution is -0.681. The Hall–Kier alpha value is -2.70. The number of carbonyl (C=O) groups is 2. The molecule has 0 spiro atoms. The Morgan fingerprint density at radius 2 is 1.84 bits per heavy atom. The molecule has 0 bridgehead atoms. The molecule has 3 rings (SSSR count). The van der Waals surface area contributed by atoms with Crippen molar-refractivity contribution in [2.45, 2.75) is 18.6 Å². The van der Waals surface area contributed by atoms with Crippen LogP contribution >= 0.6 is 0 Å². The maximum absolute atomic E-state index is 12.6. The minimum Gasteiger partial charge on any atom is -0.497 e. The maximum atomic E-state index is 12.6. The summed E-state index contributed by atoms with van der Waals surface area (Å²) in [7, 11) is 1.56. The summed E-state index contributed by atoms with van der Waals surface area (Å²) < 4.78 is 5.09. The molecular formula is C19H21N2O4+. The predicted octanol–water partition coefficient (Wildman–Crippen LogP) is 0.624. The summed E-state index contributed by atoms with van der Waals surface area (Å²) in [5, 5.41) is 12.0. The van der Waals surface area contributed by atoms with Crippen molar-refractivity contribution in [2.24, 2.45) is 0 Å². The lowest BCUT2D eigenvalue weighted by Crippen LogP contribution is -2.92. The summed E-state index contributed by atoms with van der Waals surface area (Å²) in [5.74, 6) is 0.179. The lowest BCUT2D eigenvalue weighted by atomic mass is 10.1. The smallest absolute Gasteiger partial charge is 0.292 e. The second kappa shape index (κ2) is 7.46. The first-order valence-electron chi connectivity index (χ1n) is 8.17. The molecule has 130 valence electrons. The van der Waals surface area contributed by atoms with E-state index in [1.165, 1.54) is 4.90 Å². The molecule has 0 radical (unpaired) electrons. The number of amides is 2. The van der Waals surface area contributed by atoms with Crippen LogP contribution in [0.2, 0.25) is 0 Å². The van der Waals surface area contributed by atoms with Crippen molar-refractivity contribution >= 4 is 17.5 Å². The molecule has 2 amide bonds. The van der Waals surface area contributed by atoms with Crippen LogP contribution in [0.25, 0.3) is 0 Å². The SMILES string of the molecule is COc1ccc(N2C(=O)C[C@@H]([NH2+]C[C@@H](O)c3ccccc3)C2=O)cc1. The van der Waals surface area contributed by atoms with E-state index in [0.717, 1.165) is 5.56 Å². The van der Waals surface area contributed by atoms with Crippen molar-refractivity contribution in [3.8, 4) is 5.75 Å². The molecule has 0 saturated carbocycles. The predicted molar refractivity (Wildman–Crippen MR) is 92.1 cm³/mol. The Kier molecular flexibility index (Phi) is 5.11. The molecule has 25 heavy (non-hydrogen) atoms. The average molecular weight is 341 g/mol. The fraction of sp³-hybridized carbons (Fsp3) is 0.263. The molecule has 0 unspecified atom stereocenters. The summed E-state index contributed by atoms with van der Waals surface area (Å²) >= 11 is 0. The zero-order valence-corrected chi connectivity index (χ0v) is 14.0. The summed E-state index contributed by atoms with van der Waals surface area (Å²) in [6, 6.07) is 15.6. The van der Waals surface area contributed by atoms with E-state index in [1.807, 2.05) is 30.3 Å². The van der Waals surface area contributed by atoms with Crippen LogP contribution in [0.4, 0.5) is 5.69 Å². The third-order valence-corrected chi connectivity index (χ3v) is 4.34. The van der Waals surface area contributed by atoms with E-state index in [9.17, 15) is 14.7 Å². The van der Waals surface area contributed by atoms with Gasteiger partial charge in [0, 0.05) is 0 Å². The monoisotopic (exact) mass is 341 g/mol. The largest absolute Gasteiger partial charge is 0.497 e. The van der Waals surface area contributed by atoms with Crippen molar-refractivity contribution in [3.05, 3.63) is 60.2 Å². The Morgan fingerprint density at radius 1 is 1.16 bits per heavy atom. The maximum Gasteiger partial charge on any atom is 0.292 e. The van der Waals surface area contributed by atoms with Gasteiger partial charge in [0.25, 0.3) is 5.91 Å². The number of imide groups is 1. The number of aliphatic hydroxyl groups excluding tert-OH is 1. The molecule has 2 atom stereocenters. The van der Waals surface area contributed by atoms with Gasteiger partial charge in [0.15, 0.2) is 6.04 Å². The van der Waals surface area contributed by atoms with Crippen LogP contribution in [0.1, 0.15) is 18.1 Å². The number of quaternary nitrogens is 1. The molecule has 1 heterocycles. The summed E-state index contributed by atoms with van der Waals surface area (Å²) in [6.07, 6.45) is -0.550. The standard InChI is InChI=1S/C19H20N2O4/c1-25-15-9-7-14(8-10-15)21-18(23)11-16(19(21)24)20-12-17(22)13-5-3-2-4-6-13/h2-10,16-17,20,22H,11-12H2,1H3/p+1/t16-,17-/m1/s1. The molecule has 6 nitrogen and oxygen atoms in total. The highest BCUT2D eigenvalue weighted by Crippen LogP contribution is 2.24. The molecule has 1 saturated heterocycles. The van der Waals surface area contributed by atoms with Gasteiger partial charge in [-0.3, -0.25) is 9.59 Å². The van der Waals surface area contributed by atoms with Crippen molar-refractivity contribution in [2.75, 3.05) is 18.6 Å². The zero-order chi connectivity index (χ0) is 17.8. The fourth-order valence-electron chi connectivity index (χ4n) is 2.95. The third kappa shape index (κ3) is 3.70. The van der Waals surface area contributed by atoms with E-state index in [-0.39, 0.29) is 18.2 Å². The van der Waals surface area contributed by atoms with Crippen LogP contribution in [0.3, 0.4) is 0 Å². The zero-order valence-electron chi connectivity index (χ0n) is 14.0. The van der Waals surface area contributed by atoms with Crippen LogP contribution in [0, 0.1) is 0 Å². The van der Waals surface area contributed by atoms with Gasteiger partial charge in [-0.25, -0.2) is 4.90 Å². The summed E-state index contributed by atoms with van der Waals surface area (Å²) in [4.78, 5) is 26.0. The Balaban J connectivity index is 1.64. The van der Waals surface area contributed by atoms with E-state index in [0.29, 0.717) is 18.0 Å². The molecule has 2 aromatic carbocycles. The van der Waals surface area contributed by atoms with Crippen molar-refractivity contribution in [1.29, 1.82) is 0 Å². The minimum absolute atomic E-state index is 0.131. The van der Waals surface area contributed by atoms with E-state index >= 15 is 0 Å². The van der Waals surface area contributed by atoms with Crippen molar-refractivity contribution < 1.29 is 24.7 Å². The number of ether oxygens (including phenoxy) is 1. The second-order valence-electron chi connectivity index (χ2n) is 5.97. The van der Waals surface area contributed by atoms with Crippen LogP contribution in [-0.4, -0.2) is 36.6 Å². The molecule has 3 N–H and O–H groups in total. The van der Waals surface area contributed by atoms with Crippen LogP contribution in [0.5, 0.6) is 5.75 Å². The molecule has 1 aliphatic rings. The van der Waals surface area contributed by atoms with Gasteiger partial charge in [-0.1, -0.05) is 30.3 Å². The van der Waals surface area contributed by atoms with Gasteiger partial charge >= 0.3 is 0 Å². The fourth-order valence-corrected chi connectivity index (χ4v) is 2.95. The number of hydrogen-bond acceptors (Lipinski definition) is 4. The third-order valence-electron chi connectivity index (χ3n) is 4.34. The topological polar surface area (TPSA) is 83.4 Å². The van der Waals surface area contributed by atoms with Gasteiger partial charge in [0.2, 0.25) is 5.91 Å². The van der Waals surface area contributed by atoms with Gasteiger partial charge < -0.3 is 15.2 Å². The highest BCUT2D eigenvalue weighted by atomic mass is 16.5. The second-order valence-corrected chi connectivity index (χ2v) is 5.97. The van der Waals surface area contributed by atoms with Gasteiger partial charge in [-0.15, -0.1) is 0 Å². The first-order valence-corrected chi connectivity index (χ1v) is 8.17. The number of hydrogen-bond donors (Lipinski definition) is 2. The molecule has 6 heteroatoms. The van der Waals surface area contributed by atoms with E-state index < -0.39 is 12.1 Å².